The van der Waals surface area contributed by atoms with Gasteiger partial charge in [-0.1, -0.05) is 0 Å². The van der Waals surface area contributed by atoms with Crippen molar-refractivity contribution in [3.05, 3.63) is 0 Å². The zero-order chi connectivity index (χ0) is 7.12. The number of rotatable bonds is 0. The summed E-state index contributed by atoms with van der Waals surface area (Å²) < 4.78 is -1.38. The van der Waals surface area contributed by atoms with E-state index in [9.17, 15) is 0 Å². The second-order valence-electron chi connectivity index (χ2n) is 2.39. The van der Waals surface area contributed by atoms with Crippen LogP contribution in [-0.2, 0) is 0 Å². The van der Waals surface area contributed by atoms with Crippen molar-refractivity contribution in [1.29, 1.82) is 0 Å². The Kier molecular flexibility index (Phi) is 2.14. The van der Waals surface area contributed by atoms with Gasteiger partial charge < -0.3 is 0 Å². The van der Waals surface area contributed by atoms with Crippen LogP contribution in [0.15, 0.2) is 0 Å². The Balaban J connectivity index is 2.58. The summed E-state index contributed by atoms with van der Waals surface area (Å²) in [7, 11) is 0. The second kappa shape index (κ2) is 2.34. The number of hydrogen-bond acceptors (Lipinski definition) is 0. The second-order valence-corrected chi connectivity index (χ2v) is 5.67. The van der Waals surface area contributed by atoms with E-state index >= 15 is 0 Å². The minimum Gasteiger partial charge on any atom is -0.102 e. The summed E-state index contributed by atoms with van der Waals surface area (Å²) in [6.45, 7) is 0. The molecule has 0 bridgehead atoms. The third kappa shape index (κ3) is 2.34. The third-order valence-corrected chi connectivity index (χ3v) is 2.66. The topological polar surface area (TPSA) is 0 Å². The van der Waals surface area contributed by atoms with Gasteiger partial charge in [0.1, 0.15) is 8.67 Å². The van der Waals surface area contributed by atoms with E-state index in [2.05, 4.69) is 0 Å². The largest absolute Gasteiger partial charge is 0.121 e. The molecule has 4 heteroatoms. The van der Waals surface area contributed by atoms with E-state index in [0.717, 1.165) is 0 Å². The van der Waals surface area contributed by atoms with Gasteiger partial charge in [-0.15, -0.1) is 46.4 Å². The molecule has 0 atom stereocenters. The number of hydrogen-bond donors (Lipinski definition) is 0. The smallest absolute Gasteiger partial charge is 0.102 e. The fourth-order valence-corrected chi connectivity index (χ4v) is 2.48. The lowest BCUT2D eigenvalue weighted by Crippen LogP contribution is -2.11. The molecule has 0 saturated heterocycles. The van der Waals surface area contributed by atoms with Gasteiger partial charge in [0.05, 0.1) is 0 Å². The molecule has 0 unspecified atom stereocenters. The first-order valence-corrected chi connectivity index (χ1v) is 4.18. The zero-order valence-electron chi connectivity index (χ0n) is 4.63. The summed E-state index contributed by atoms with van der Waals surface area (Å²) in [4.78, 5) is 0. The van der Waals surface area contributed by atoms with Crippen LogP contribution < -0.4 is 0 Å². The molecule has 0 nitrogen and oxygen atoms in total. The van der Waals surface area contributed by atoms with Crippen LogP contribution in [0.3, 0.4) is 0 Å². The molecule has 1 saturated carbocycles. The van der Waals surface area contributed by atoms with Crippen LogP contribution >= 0.6 is 46.4 Å². The predicted octanol–water partition coefficient (Wildman–Crippen LogP) is 3.52. The minimum atomic E-state index is -0.691. The maximum atomic E-state index is 5.75. The first-order chi connectivity index (χ1) is 3.91. The molecule has 0 aromatic carbocycles. The Hall–Kier alpha value is 1.16. The van der Waals surface area contributed by atoms with Crippen LogP contribution in [0, 0.1) is 0 Å². The number of alkyl halides is 4. The van der Waals surface area contributed by atoms with Crippen molar-refractivity contribution in [2.75, 3.05) is 0 Å². The van der Waals surface area contributed by atoms with Gasteiger partial charge in [-0.2, -0.15) is 0 Å². The normalized spacial score (nSPS) is 30.7. The summed E-state index contributed by atoms with van der Waals surface area (Å²) in [6, 6.07) is 0. The van der Waals surface area contributed by atoms with Crippen LogP contribution in [0.2, 0.25) is 0 Å². The van der Waals surface area contributed by atoms with Gasteiger partial charge in [-0.3, -0.25) is 0 Å². The first-order valence-electron chi connectivity index (χ1n) is 2.67. The highest BCUT2D eigenvalue weighted by atomic mass is 35.5. The highest BCUT2D eigenvalue weighted by Gasteiger charge is 2.43. The average molecular weight is 208 g/mol. The summed E-state index contributed by atoms with van der Waals surface area (Å²) >= 11 is 23.0. The maximum Gasteiger partial charge on any atom is 0.121 e. The Morgan fingerprint density at radius 1 is 0.778 bits per heavy atom. The fourth-order valence-electron chi connectivity index (χ4n) is 0.921. The lowest BCUT2D eigenvalue weighted by molar-refractivity contribution is 0.796. The molecule has 9 heavy (non-hydrogen) atoms. The molecule has 0 radical (unpaired) electrons. The van der Waals surface area contributed by atoms with E-state index in [0.29, 0.717) is 19.3 Å². The lowest BCUT2D eigenvalue weighted by Gasteiger charge is -2.12. The molecule has 1 aliphatic rings. The molecule has 0 aromatic rings. The first kappa shape index (κ1) is 8.26. The maximum absolute atomic E-state index is 5.75. The predicted molar refractivity (Wildman–Crippen MR) is 42.7 cm³/mol. The molecule has 0 aliphatic heterocycles. The van der Waals surface area contributed by atoms with Crippen LogP contribution in [-0.4, -0.2) is 8.67 Å². The zero-order valence-corrected chi connectivity index (χ0v) is 7.66. The van der Waals surface area contributed by atoms with Crippen molar-refractivity contribution in [2.45, 2.75) is 27.9 Å². The minimum absolute atomic E-state index is 0.465. The summed E-state index contributed by atoms with van der Waals surface area (Å²) in [5, 5.41) is 0. The van der Waals surface area contributed by atoms with Gasteiger partial charge in [0.25, 0.3) is 0 Å². The van der Waals surface area contributed by atoms with Gasteiger partial charge >= 0.3 is 0 Å². The van der Waals surface area contributed by atoms with Crippen molar-refractivity contribution >= 4 is 46.4 Å². The SMILES string of the molecule is ClC1(Cl)CCC(Cl)(Cl)C1. The molecule has 1 rings (SSSR count). The number of halogens is 4. The fraction of sp³-hybridized carbons (Fsp3) is 1.00. The van der Waals surface area contributed by atoms with Gasteiger partial charge in [0.2, 0.25) is 0 Å². The quantitative estimate of drug-likeness (QED) is 0.534. The lowest BCUT2D eigenvalue weighted by atomic mass is 10.4. The molecule has 0 amide bonds. The van der Waals surface area contributed by atoms with Crippen LogP contribution in [0.25, 0.3) is 0 Å². The van der Waals surface area contributed by atoms with E-state index in [-0.39, 0.29) is 0 Å². The molecular weight excluding hydrogens is 202 g/mol. The van der Waals surface area contributed by atoms with Crippen LogP contribution in [0.1, 0.15) is 19.3 Å². The summed E-state index contributed by atoms with van der Waals surface area (Å²) in [6.07, 6.45) is 1.83. The molecule has 0 heterocycles. The highest BCUT2D eigenvalue weighted by molar-refractivity contribution is 6.53. The van der Waals surface area contributed by atoms with Crippen molar-refractivity contribution in [1.82, 2.24) is 0 Å². The average Bonchev–Trinajstić information content (AvgIpc) is 1.78. The van der Waals surface area contributed by atoms with E-state index in [1.165, 1.54) is 0 Å². The molecule has 0 N–H and O–H groups in total. The van der Waals surface area contributed by atoms with E-state index < -0.39 is 8.67 Å². The van der Waals surface area contributed by atoms with Crippen LogP contribution in [0.4, 0.5) is 0 Å². The molecule has 0 aromatic heterocycles. The Morgan fingerprint density at radius 2 is 1.11 bits per heavy atom. The molecular formula is C5H6Cl4. The summed E-state index contributed by atoms with van der Waals surface area (Å²) in [5.74, 6) is 0. The van der Waals surface area contributed by atoms with Crippen molar-refractivity contribution < 1.29 is 0 Å². The molecule has 0 spiro atoms. The molecule has 1 fully saturated rings. The highest BCUT2D eigenvalue weighted by Crippen LogP contribution is 2.50. The van der Waals surface area contributed by atoms with E-state index in [1.807, 2.05) is 0 Å². The van der Waals surface area contributed by atoms with Gasteiger partial charge in [0, 0.05) is 6.42 Å². The van der Waals surface area contributed by atoms with Crippen molar-refractivity contribution in [2.24, 2.45) is 0 Å². The monoisotopic (exact) mass is 206 g/mol. The van der Waals surface area contributed by atoms with Gasteiger partial charge in [-0.25, -0.2) is 0 Å². The van der Waals surface area contributed by atoms with E-state index in [4.69, 9.17) is 46.4 Å². The molecule has 1 aliphatic carbocycles. The van der Waals surface area contributed by atoms with E-state index in [1.54, 1.807) is 0 Å². The van der Waals surface area contributed by atoms with Crippen molar-refractivity contribution in [3.63, 3.8) is 0 Å². The van der Waals surface area contributed by atoms with Gasteiger partial charge in [0.15, 0.2) is 0 Å². The standard InChI is InChI=1S/C5H6Cl4/c6-4(7)1-2-5(8,9)3-4/h1-3H2. The van der Waals surface area contributed by atoms with Crippen LogP contribution in [0.5, 0.6) is 0 Å². The van der Waals surface area contributed by atoms with Crippen molar-refractivity contribution in [3.8, 4) is 0 Å². The Morgan fingerprint density at radius 3 is 1.22 bits per heavy atom. The Bertz CT molecular complexity index is 104. The Labute approximate surface area is 74.4 Å². The summed E-state index contributed by atoms with van der Waals surface area (Å²) in [5.41, 5.74) is 0. The molecule has 54 valence electrons. The van der Waals surface area contributed by atoms with Gasteiger partial charge in [-0.05, 0) is 12.8 Å². The third-order valence-electron chi connectivity index (χ3n) is 1.37.